The number of carboxylic acid groups (broad SMARTS) is 1. The van der Waals surface area contributed by atoms with E-state index in [4.69, 9.17) is 4.74 Å². The van der Waals surface area contributed by atoms with Crippen LogP contribution in [-0.4, -0.2) is 54.2 Å². The topological polar surface area (TPSA) is 95.9 Å². The van der Waals surface area contributed by atoms with Gasteiger partial charge in [0.05, 0.1) is 0 Å². The molecule has 2 amide bonds. The average molecular weight is 424 g/mol. The zero-order valence-electron chi connectivity index (χ0n) is 17.8. The number of rotatable bonds is 9. The second kappa shape index (κ2) is 10.1. The van der Waals surface area contributed by atoms with E-state index in [1.807, 2.05) is 36.4 Å². The third kappa shape index (κ3) is 5.42. The van der Waals surface area contributed by atoms with Crippen LogP contribution < -0.4 is 5.32 Å². The Kier molecular flexibility index (Phi) is 7.28. The van der Waals surface area contributed by atoms with E-state index in [1.165, 1.54) is 6.92 Å². The highest BCUT2D eigenvalue weighted by Gasteiger charge is 2.29. The Morgan fingerprint density at radius 3 is 2.16 bits per heavy atom. The van der Waals surface area contributed by atoms with Crippen molar-refractivity contribution in [1.82, 2.24) is 10.2 Å². The molecule has 1 aliphatic carbocycles. The maximum absolute atomic E-state index is 12.3. The second-order valence-corrected chi connectivity index (χ2v) is 7.80. The van der Waals surface area contributed by atoms with Gasteiger partial charge in [-0.1, -0.05) is 48.5 Å². The van der Waals surface area contributed by atoms with Crippen molar-refractivity contribution in [2.75, 3.05) is 20.2 Å². The lowest BCUT2D eigenvalue weighted by Crippen LogP contribution is -2.41. The van der Waals surface area contributed by atoms with Crippen LogP contribution in [0.3, 0.4) is 0 Å². The summed E-state index contributed by atoms with van der Waals surface area (Å²) in [6.07, 6.45) is 0.755. The monoisotopic (exact) mass is 424 g/mol. The largest absolute Gasteiger partial charge is 0.480 e. The van der Waals surface area contributed by atoms with Gasteiger partial charge in [0.2, 0.25) is 5.91 Å². The van der Waals surface area contributed by atoms with Crippen molar-refractivity contribution in [3.63, 3.8) is 0 Å². The maximum atomic E-state index is 12.3. The Morgan fingerprint density at radius 2 is 1.61 bits per heavy atom. The van der Waals surface area contributed by atoms with E-state index in [0.29, 0.717) is 19.4 Å². The van der Waals surface area contributed by atoms with Crippen molar-refractivity contribution in [1.29, 1.82) is 0 Å². The van der Waals surface area contributed by atoms with Gasteiger partial charge in [-0.2, -0.15) is 0 Å². The summed E-state index contributed by atoms with van der Waals surface area (Å²) in [6.45, 7) is 2.17. The zero-order chi connectivity index (χ0) is 22.4. The van der Waals surface area contributed by atoms with Gasteiger partial charge >= 0.3 is 12.1 Å². The highest BCUT2D eigenvalue weighted by Crippen LogP contribution is 2.44. The van der Waals surface area contributed by atoms with Gasteiger partial charge in [-0.05, 0) is 41.5 Å². The van der Waals surface area contributed by atoms with E-state index in [1.54, 1.807) is 11.9 Å². The van der Waals surface area contributed by atoms with Gasteiger partial charge in [-0.3, -0.25) is 4.79 Å². The lowest BCUT2D eigenvalue weighted by atomic mass is 9.98. The quantitative estimate of drug-likeness (QED) is 0.600. The lowest BCUT2D eigenvalue weighted by molar-refractivity contribution is -0.139. The predicted molar refractivity (Wildman–Crippen MR) is 117 cm³/mol. The highest BCUT2D eigenvalue weighted by atomic mass is 16.5. The van der Waals surface area contributed by atoms with Crippen LogP contribution in [0.2, 0.25) is 0 Å². The summed E-state index contributed by atoms with van der Waals surface area (Å²) in [5, 5.41) is 11.9. The Morgan fingerprint density at radius 1 is 1.03 bits per heavy atom. The minimum absolute atomic E-state index is 0.0356. The van der Waals surface area contributed by atoms with Gasteiger partial charge in [-0.25, -0.2) is 9.59 Å². The number of amides is 2. The number of benzene rings is 2. The van der Waals surface area contributed by atoms with E-state index in [9.17, 15) is 19.5 Å². The lowest BCUT2D eigenvalue weighted by Gasteiger charge is -2.18. The number of ether oxygens (including phenoxy) is 1. The molecule has 0 heterocycles. The summed E-state index contributed by atoms with van der Waals surface area (Å²) < 4.78 is 5.43. The molecular formula is C24H28N2O5. The van der Waals surface area contributed by atoms with Gasteiger partial charge in [0.1, 0.15) is 12.6 Å². The number of carbonyl (C=O) groups is 3. The van der Waals surface area contributed by atoms with E-state index in [-0.39, 0.29) is 24.9 Å². The number of fused-ring (bicyclic) bond motifs is 3. The third-order valence-corrected chi connectivity index (χ3v) is 5.71. The molecule has 164 valence electrons. The third-order valence-electron chi connectivity index (χ3n) is 5.71. The Bertz CT molecular complexity index is 913. The first-order valence-corrected chi connectivity index (χ1v) is 10.4. The van der Waals surface area contributed by atoms with Crippen molar-refractivity contribution in [3.8, 4) is 11.1 Å². The number of carbonyl (C=O) groups excluding carboxylic acids is 2. The van der Waals surface area contributed by atoms with Crippen LogP contribution in [0.1, 0.15) is 43.2 Å². The summed E-state index contributed by atoms with van der Waals surface area (Å²) in [4.78, 5) is 36.6. The molecule has 7 heteroatoms. The molecule has 0 fully saturated rings. The summed E-state index contributed by atoms with van der Waals surface area (Å²) in [5.41, 5.74) is 4.46. The number of nitrogens with one attached hydrogen (secondary N) is 1. The molecule has 7 nitrogen and oxygen atoms in total. The summed E-state index contributed by atoms with van der Waals surface area (Å²) in [7, 11) is 1.70. The molecule has 0 spiro atoms. The number of aliphatic carboxylic acids is 1. The summed E-state index contributed by atoms with van der Waals surface area (Å²) in [6, 6.07) is 15.0. The van der Waals surface area contributed by atoms with Crippen LogP contribution in [0.15, 0.2) is 48.5 Å². The number of nitrogens with zero attached hydrogens (tertiary/aromatic N) is 1. The van der Waals surface area contributed by atoms with Crippen LogP contribution >= 0.6 is 0 Å². The molecule has 2 aromatic carbocycles. The van der Waals surface area contributed by atoms with Gasteiger partial charge in [-0.15, -0.1) is 0 Å². The molecule has 0 aromatic heterocycles. The van der Waals surface area contributed by atoms with Crippen molar-refractivity contribution in [2.24, 2.45) is 0 Å². The van der Waals surface area contributed by atoms with Crippen LogP contribution in [-0.2, 0) is 14.3 Å². The van der Waals surface area contributed by atoms with Gasteiger partial charge < -0.3 is 20.1 Å². The first kappa shape index (κ1) is 22.3. The number of hydrogen-bond donors (Lipinski definition) is 2. The molecule has 0 saturated carbocycles. The van der Waals surface area contributed by atoms with Crippen LogP contribution in [0.5, 0.6) is 0 Å². The maximum Gasteiger partial charge on any atom is 0.407 e. The molecule has 2 N–H and O–H groups in total. The van der Waals surface area contributed by atoms with Crippen molar-refractivity contribution in [2.45, 2.75) is 38.1 Å². The van der Waals surface area contributed by atoms with Crippen molar-refractivity contribution < 1.29 is 24.2 Å². The average Bonchev–Trinajstić information content (AvgIpc) is 3.07. The minimum atomic E-state index is -1.10. The van der Waals surface area contributed by atoms with Crippen molar-refractivity contribution in [3.05, 3.63) is 59.7 Å². The van der Waals surface area contributed by atoms with Crippen molar-refractivity contribution >= 4 is 18.0 Å². The molecule has 0 bridgehead atoms. The van der Waals surface area contributed by atoms with Gasteiger partial charge in [0.25, 0.3) is 0 Å². The van der Waals surface area contributed by atoms with E-state index in [2.05, 4.69) is 17.4 Å². The normalized spacial score (nSPS) is 13.1. The van der Waals surface area contributed by atoms with Gasteiger partial charge in [0.15, 0.2) is 0 Å². The Hall–Kier alpha value is -3.35. The Labute approximate surface area is 182 Å². The number of hydrogen-bond acceptors (Lipinski definition) is 4. The number of alkyl carbamates (subject to hydrolysis) is 1. The molecule has 1 atom stereocenters. The molecule has 0 aliphatic heterocycles. The fourth-order valence-electron chi connectivity index (χ4n) is 3.89. The molecule has 1 aliphatic rings. The second-order valence-electron chi connectivity index (χ2n) is 7.80. The molecule has 0 unspecified atom stereocenters. The highest BCUT2D eigenvalue weighted by molar-refractivity contribution is 5.81. The molecule has 31 heavy (non-hydrogen) atoms. The van der Waals surface area contributed by atoms with Crippen LogP contribution in [0, 0.1) is 0 Å². The first-order valence-electron chi connectivity index (χ1n) is 10.4. The standard InChI is InChI=1S/C24H28N2O5/c1-16(27)26(2)14-8-7-13-22(23(28)29)25-24(30)31-15-21-19-11-5-3-9-17(19)18-10-4-6-12-20(18)21/h3-6,9-12,21-22H,7-8,13-15H2,1-2H3,(H,25,30)(H,28,29)/t22-/m1/s1. The molecule has 0 radical (unpaired) electrons. The number of carboxylic acids is 1. The van der Waals surface area contributed by atoms with Crippen LogP contribution in [0.25, 0.3) is 11.1 Å². The minimum Gasteiger partial charge on any atom is -0.480 e. The van der Waals surface area contributed by atoms with Gasteiger partial charge in [0, 0.05) is 26.4 Å². The van der Waals surface area contributed by atoms with E-state index in [0.717, 1.165) is 22.3 Å². The fraction of sp³-hybridized carbons (Fsp3) is 0.375. The first-order chi connectivity index (χ1) is 14.9. The van der Waals surface area contributed by atoms with E-state index < -0.39 is 18.1 Å². The van der Waals surface area contributed by atoms with E-state index >= 15 is 0 Å². The molecule has 2 aromatic rings. The fourth-order valence-corrected chi connectivity index (χ4v) is 3.89. The SMILES string of the molecule is CC(=O)N(C)CCCC[C@@H](NC(=O)OCC1c2ccccc2-c2ccccc21)C(=O)O. The summed E-state index contributed by atoms with van der Waals surface area (Å²) >= 11 is 0. The number of unbranched alkanes of at least 4 members (excludes halogenated alkanes) is 1. The Balaban J connectivity index is 1.54. The predicted octanol–water partition coefficient (Wildman–Crippen LogP) is 3.63. The smallest absolute Gasteiger partial charge is 0.407 e. The molecular weight excluding hydrogens is 396 g/mol. The summed E-state index contributed by atoms with van der Waals surface area (Å²) in [5.74, 6) is -1.22. The van der Waals surface area contributed by atoms with Crippen LogP contribution in [0.4, 0.5) is 4.79 Å². The molecule has 3 rings (SSSR count). The molecule has 0 saturated heterocycles. The zero-order valence-corrected chi connectivity index (χ0v) is 17.8.